The maximum atomic E-state index is 2.39. The molecule has 0 fully saturated rings. The van der Waals surface area contributed by atoms with Gasteiger partial charge in [0.15, 0.2) is 0 Å². The fourth-order valence-corrected chi connectivity index (χ4v) is 3.25. The van der Waals surface area contributed by atoms with Gasteiger partial charge in [-0.15, -0.1) is 0 Å². The minimum Gasteiger partial charge on any atom is -0.0622 e. The maximum absolute atomic E-state index is 2.39. The van der Waals surface area contributed by atoms with Crippen molar-refractivity contribution in [3.8, 4) is 0 Å². The second kappa shape index (κ2) is 6.83. The summed E-state index contributed by atoms with van der Waals surface area (Å²) in [5.41, 5.74) is 6.93. The highest BCUT2D eigenvalue weighted by atomic mass is 14.2. The van der Waals surface area contributed by atoms with Gasteiger partial charge < -0.3 is 0 Å². The van der Waals surface area contributed by atoms with Crippen LogP contribution < -0.4 is 0 Å². The zero-order valence-electron chi connectivity index (χ0n) is 14.2. The Hall–Kier alpha value is -2.34. The first-order valence-corrected chi connectivity index (χ1v) is 8.37. The van der Waals surface area contributed by atoms with Crippen molar-refractivity contribution in [2.75, 3.05) is 0 Å². The summed E-state index contributed by atoms with van der Waals surface area (Å²) in [4.78, 5) is 0. The molecule has 23 heavy (non-hydrogen) atoms. The Balaban J connectivity index is 1.96. The Kier molecular flexibility index (Phi) is 4.62. The number of hydrogen-bond acceptors (Lipinski definition) is 0. The third-order valence-corrected chi connectivity index (χ3v) is 4.87. The third-order valence-electron chi connectivity index (χ3n) is 4.87. The van der Waals surface area contributed by atoms with E-state index in [2.05, 4.69) is 99.6 Å². The van der Waals surface area contributed by atoms with Gasteiger partial charge >= 0.3 is 0 Å². The second-order valence-electron chi connectivity index (χ2n) is 6.38. The summed E-state index contributed by atoms with van der Waals surface area (Å²) in [6.45, 7) is 6.80. The summed E-state index contributed by atoms with van der Waals surface area (Å²) in [6, 6.07) is 28.4. The molecular weight excluding hydrogens is 276 g/mol. The Labute approximate surface area is 139 Å². The Morgan fingerprint density at radius 3 is 1.65 bits per heavy atom. The second-order valence-corrected chi connectivity index (χ2v) is 6.38. The molecule has 2 atom stereocenters. The standard InChI is InChI=1S/C23H24/c1-17-14-15-22(18(2)20-10-6-4-7-11-20)16-23(17)19(3)21-12-8-5-9-13-21/h4-16,18-19H,1-3H3. The Morgan fingerprint density at radius 2 is 1.09 bits per heavy atom. The van der Waals surface area contributed by atoms with Crippen molar-refractivity contribution in [1.82, 2.24) is 0 Å². The van der Waals surface area contributed by atoms with Crippen LogP contribution in [0.15, 0.2) is 78.9 Å². The summed E-state index contributed by atoms with van der Waals surface area (Å²) in [6.07, 6.45) is 0. The highest BCUT2D eigenvalue weighted by Crippen LogP contribution is 2.31. The van der Waals surface area contributed by atoms with Crippen molar-refractivity contribution in [2.45, 2.75) is 32.6 Å². The fraction of sp³-hybridized carbons (Fsp3) is 0.217. The first-order valence-electron chi connectivity index (χ1n) is 8.37. The van der Waals surface area contributed by atoms with Gasteiger partial charge in [0.2, 0.25) is 0 Å². The molecule has 0 aliphatic rings. The van der Waals surface area contributed by atoms with Gasteiger partial charge in [-0.05, 0) is 34.7 Å². The molecule has 0 saturated heterocycles. The lowest BCUT2D eigenvalue weighted by atomic mass is 9.85. The van der Waals surface area contributed by atoms with Crippen LogP contribution in [0.5, 0.6) is 0 Å². The lowest BCUT2D eigenvalue weighted by Gasteiger charge is -2.19. The molecule has 0 spiro atoms. The molecule has 3 rings (SSSR count). The Bertz CT molecular complexity index is 757. The molecule has 116 valence electrons. The van der Waals surface area contributed by atoms with Crippen molar-refractivity contribution in [3.63, 3.8) is 0 Å². The van der Waals surface area contributed by atoms with E-state index >= 15 is 0 Å². The van der Waals surface area contributed by atoms with Gasteiger partial charge in [-0.1, -0.05) is 92.7 Å². The van der Waals surface area contributed by atoms with Gasteiger partial charge in [-0.25, -0.2) is 0 Å². The highest BCUT2D eigenvalue weighted by molar-refractivity contribution is 5.42. The van der Waals surface area contributed by atoms with E-state index in [9.17, 15) is 0 Å². The van der Waals surface area contributed by atoms with Crippen molar-refractivity contribution in [2.24, 2.45) is 0 Å². The number of rotatable bonds is 4. The molecule has 0 heterocycles. The van der Waals surface area contributed by atoms with E-state index in [4.69, 9.17) is 0 Å². The number of aryl methyl sites for hydroxylation is 1. The molecule has 0 heteroatoms. The average Bonchev–Trinajstić information content (AvgIpc) is 2.62. The smallest absolute Gasteiger partial charge is 0.00637 e. The van der Waals surface area contributed by atoms with E-state index < -0.39 is 0 Å². The summed E-state index contributed by atoms with van der Waals surface area (Å²) < 4.78 is 0. The monoisotopic (exact) mass is 300 g/mol. The van der Waals surface area contributed by atoms with Gasteiger partial charge in [0.05, 0.1) is 0 Å². The quantitative estimate of drug-likeness (QED) is 0.530. The molecule has 0 radical (unpaired) electrons. The van der Waals surface area contributed by atoms with Crippen molar-refractivity contribution >= 4 is 0 Å². The molecule has 0 bridgehead atoms. The molecule has 0 aromatic heterocycles. The topological polar surface area (TPSA) is 0 Å². The van der Waals surface area contributed by atoms with Crippen LogP contribution in [0, 0.1) is 6.92 Å². The minimum atomic E-state index is 0.415. The highest BCUT2D eigenvalue weighted by Gasteiger charge is 2.14. The van der Waals surface area contributed by atoms with Gasteiger partial charge in [0.25, 0.3) is 0 Å². The van der Waals surface area contributed by atoms with E-state index in [0.29, 0.717) is 11.8 Å². The molecule has 3 aromatic rings. The Morgan fingerprint density at radius 1 is 0.565 bits per heavy atom. The predicted octanol–water partition coefficient (Wildman–Crippen LogP) is 6.30. The first-order chi connectivity index (χ1) is 11.2. The van der Waals surface area contributed by atoms with Crippen molar-refractivity contribution < 1.29 is 0 Å². The predicted molar refractivity (Wildman–Crippen MR) is 99.1 cm³/mol. The fourth-order valence-electron chi connectivity index (χ4n) is 3.25. The van der Waals surface area contributed by atoms with Crippen LogP contribution in [0.1, 0.15) is 53.5 Å². The molecule has 2 unspecified atom stereocenters. The molecule has 0 N–H and O–H groups in total. The summed E-state index contributed by atoms with van der Waals surface area (Å²) in [5, 5.41) is 0. The van der Waals surface area contributed by atoms with E-state index in [0.717, 1.165) is 0 Å². The van der Waals surface area contributed by atoms with Crippen LogP contribution in [0.25, 0.3) is 0 Å². The average molecular weight is 300 g/mol. The molecule has 0 amide bonds. The van der Waals surface area contributed by atoms with Gasteiger partial charge in [0, 0.05) is 11.8 Å². The SMILES string of the molecule is Cc1ccc(C(C)c2ccccc2)cc1C(C)c1ccccc1. The molecular formula is C23H24. The zero-order chi connectivity index (χ0) is 16.2. The van der Waals surface area contributed by atoms with Crippen molar-refractivity contribution in [3.05, 3.63) is 107 Å². The van der Waals surface area contributed by atoms with Crippen LogP contribution in [-0.4, -0.2) is 0 Å². The van der Waals surface area contributed by atoms with E-state index in [1.807, 2.05) is 0 Å². The summed E-state index contributed by atoms with van der Waals surface area (Å²) in [7, 11) is 0. The van der Waals surface area contributed by atoms with Crippen LogP contribution >= 0.6 is 0 Å². The van der Waals surface area contributed by atoms with Gasteiger partial charge in [-0.3, -0.25) is 0 Å². The number of hydrogen-bond donors (Lipinski definition) is 0. The van der Waals surface area contributed by atoms with E-state index in [1.165, 1.54) is 27.8 Å². The minimum absolute atomic E-state index is 0.415. The van der Waals surface area contributed by atoms with Crippen LogP contribution in [0.3, 0.4) is 0 Å². The van der Waals surface area contributed by atoms with Crippen LogP contribution in [0.2, 0.25) is 0 Å². The lowest BCUT2D eigenvalue weighted by Crippen LogP contribution is -2.02. The maximum Gasteiger partial charge on any atom is 0.00637 e. The first kappa shape index (κ1) is 15.6. The normalized spacial score (nSPS) is 13.5. The van der Waals surface area contributed by atoms with Crippen molar-refractivity contribution in [1.29, 1.82) is 0 Å². The molecule has 0 aliphatic heterocycles. The third kappa shape index (κ3) is 3.37. The molecule has 3 aromatic carbocycles. The van der Waals surface area contributed by atoms with E-state index in [-0.39, 0.29) is 0 Å². The van der Waals surface area contributed by atoms with E-state index in [1.54, 1.807) is 0 Å². The largest absolute Gasteiger partial charge is 0.0622 e. The van der Waals surface area contributed by atoms with Crippen LogP contribution in [0.4, 0.5) is 0 Å². The molecule has 0 nitrogen and oxygen atoms in total. The van der Waals surface area contributed by atoms with Gasteiger partial charge in [0.1, 0.15) is 0 Å². The molecule has 0 saturated carbocycles. The summed E-state index contributed by atoms with van der Waals surface area (Å²) >= 11 is 0. The summed E-state index contributed by atoms with van der Waals surface area (Å²) in [5.74, 6) is 0.831. The zero-order valence-corrected chi connectivity index (χ0v) is 14.2. The van der Waals surface area contributed by atoms with Gasteiger partial charge in [-0.2, -0.15) is 0 Å². The molecule has 0 aliphatic carbocycles. The van der Waals surface area contributed by atoms with Crippen LogP contribution in [-0.2, 0) is 0 Å². The number of benzene rings is 3. The lowest BCUT2D eigenvalue weighted by molar-refractivity contribution is 0.878.